The Bertz CT molecular complexity index is 1140. The number of methoxy groups -OCH3 is 1. The van der Waals surface area contributed by atoms with Gasteiger partial charge in [0.15, 0.2) is 0 Å². The number of anilines is 2. The molecule has 184 valence electrons. The summed E-state index contributed by atoms with van der Waals surface area (Å²) in [5.74, 6) is 2.39. The monoisotopic (exact) mass is 476 g/mol. The van der Waals surface area contributed by atoms with E-state index in [1.165, 1.54) is 0 Å². The summed E-state index contributed by atoms with van der Waals surface area (Å²) in [5.41, 5.74) is 0.735. The Kier molecular flexibility index (Phi) is 7.18. The van der Waals surface area contributed by atoms with Crippen LogP contribution in [0.15, 0.2) is 54.6 Å². The number of urea groups is 1. The van der Waals surface area contributed by atoms with Crippen LogP contribution in [0.25, 0.3) is 10.8 Å². The molecule has 1 saturated carbocycles. The zero-order valence-electron chi connectivity index (χ0n) is 20.0. The molecule has 8 heteroatoms. The zero-order chi connectivity index (χ0) is 24.0. The van der Waals surface area contributed by atoms with Crippen molar-refractivity contribution < 1.29 is 19.0 Å². The number of amides is 2. The highest BCUT2D eigenvalue weighted by atomic mass is 16.5. The van der Waals surface area contributed by atoms with Gasteiger partial charge in [0.2, 0.25) is 5.88 Å². The Morgan fingerprint density at radius 2 is 1.77 bits per heavy atom. The maximum absolute atomic E-state index is 12.4. The number of hydrogen-bond donors (Lipinski definition) is 2. The van der Waals surface area contributed by atoms with E-state index in [9.17, 15) is 4.79 Å². The zero-order valence-corrected chi connectivity index (χ0v) is 20.0. The van der Waals surface area contributed by atoms with Crippen LogP contribution in [0.3, 0.4) is 0 Å². The molecule has 1 aliphatic carbocycles. The summed E-state index contributed by atoms with van der Waals surface area (Å²) in [6, 6.07) is 17.6. The highest BCUT2D eigenvalue weighted by molar-refractivity contribution is 5.90. The maximum Gasteiger partial charge on any atom is 0.319 e. The number of fused-ring (bicyclic) bond motifs is 1. The number of aromatic nitrogens is 1. The molecule has 1 saturated heterocycles. The van der Waals surface area contributed by atoms with Gasteiger partial charge < -0.3 is 29.7 Å². The van der Waals surface area contributed by atoms with E-state index < -0.39 is 0 Å². The minimum atomic E-state index is -0.189. The molecule has 8 nitrogen and oxygen atoms in total. The average molecular weight is 477 g/mol. The van der Waals surface area contributed by atoms with Crippen molar-refractivity contribution in [1.29, 1.82) is 0 Å². The molecule has 2 heterocycles. The summed E-state index contributed by atoms with van der Waals surface area (Å²) in [5, 5.41) is 8.14. The second kappa shape index (κ2) is 10.8. The second-order valence-corrected chi connectivity index (χ2v) is 9.02. The minimum Gasteiger partial charge on any atom is -0.497 e. The van der Waals surface area contributed by atoms with Gasteiger partial charge in [-0.05, 0) is 67.5 Å². The second-order valence-electron chi connectivity index (χ2n) is 9.02. The number of rotatable bonds is 6. The molecule has 1 aromatic heterocycles. The molecule has 0 unspecified atom stereocenters. The molecule has 2 aromatic carbocycles. The van der Waals surface area contributed by atoms with E-state index in [1.807, 2.05) is 36.4 Å². The molecule has 3 aromatic rings. The van der Waals surface area contributed by atoms with E-state index in [1.54, 1.807) is 7.11 Å². The van der Waals surface area contributed by atoms with Crippen molar-refractivity contribution in [3.05, 3.63) is 54.6 Å². The summed E-state index contributed by atoms with van der Waals surface area (Å²) < 4.78 is 17.1. The number of pyridine rings is 1. The van der Waals surface area contributed by atoms with Crippen LogP contribution in [0.1, 0.15) is 25.7 Å². The molecule has 0 radical (unpaired) electrons. The fourth-order valence-electron chi connectivity index (χ4n) is 4.71. The van der Waals surface area contributed by atoms with Crippen molar-refractivity contribution in [3.63, 3.8) is 0 Å². The van der Waals surface area contributed by atoms with Crippen LogP contribution in [-0.4, -0.2) is 56.6 Å². The third-order valence-electron chi connectivity index (χ3n) is 6.66. The normalized spacial score (nSPS) is 20.3. The Morgan fingerprint density at radius 3 is 2.51 bits per heavy atom. The van der Waals surface area contributed by atoms with Crippen LogP contribution >= 0.6 is 0 Å². The minimum absolute atomic E-state index is 0.0774. The van der Waals surface area contributed by atoms with E-state index >= 15 is 0 Å². The van der Waals surface area contributed by atoms with Crippen molar-refractivity contribution >= 4 is 28.3 Å². The van der Waals surface area contributed by atoms with Gasteiger partial charge in [-0.1, -0.05) is 18.2 Å². The van der Waals surface area contributed by atoms with Crippen molar-refractivity contribution in [2.45, 2.75) is 37.8 Å². The summed E-state index contributed by atoms with van der Waals surface area (Å²) in [7, 11) is 1.62. The molecule has 0 spiro atoms. The number of nitrogens with one attached hydrogen (secondary N) is 2. The number of carbonyl (C=O) groups excluding carboxylic acids is 1. The van der Waals surface area contributed by atoms with Gasteiger partial charge in [-0.15, -0.1) is 0 Å². The topological polar surface area (TPSA) is 85.0 Å². The maximum atomic E-state index is 12.4. The standard InChI is InChI=1S/C27H32N4O4/c1-33-22-10-6-20(7-11-22)28-27(32)29-21-8-12-23(13-9-21)35-26-24-5-3-2-4-19(24)18-25(30-26)31-14-16-34-17-15-31/h2-7,10-11,18,21,23H,8-9,12-17H2,1H3,(H2,28,29,32)/t21-,23+. The van der Waals surface area contributed by atoms with Crippen LogP contribution in [0.4, 0.5) is 16.3 Å². The quantitative estimate of drug-likeness (QED) is 0.541. The van der Waals surface area contributed by atoms with Gasteiger partial charge in [-0.2, -0.15) is 4.98 Å². The van der Waals surface area contributed by atoms with Crippen LogP contribution in [0.2, 0.25) is 0 Å². The molecule has 1 aliphatic heterocycles. The van der Waals surface area contributed by atoms with Gasteiger partial charge in [0, 0.05) is 30.2 Å². The summed E-state index contributed by atoms with van der Waals surface area (Å²) >= 11 is 0. The molecule has 0 bridgehead atoms. The lowest BCUT2D eigenvalue weighted by atomic mass is 9.93. The molecule has 2 N–H and O–H groups in total. The first-order chi connectivity index (χ1) is 17.2. The molecule has 5 rings (SSSR count). The summed E-state index contributed by atoms with van der Waals surface area (Å²) in [6.07, 6.45) is 3.54. The highest BCUT2D eigenvalue weighted by Gasteiger charge is 2.25. The third kappa shape index (κ3) is 5.77. The first-order valence-corrected chi connectivity index (χ1v) is 12.3. The predicted molar refractivity (Wildman–Crippen MR) is 137 cm³/mol. The largest absolute Gasteiger partial charge is 0.497 e. The molecule has 2 fully saturated rings. The van der Waals surface area contributed by atoms with E-state index in [0.717, 1.165) is 66.8 Å². The molecular weight excluding hydrogens is 444 g/mol. The Labute approximate surface area is 205 Å². The van der Waals surface area contributed by atoms with E-state index in [0.29, 0.717) is 19.1 Å². The van der Waals surface area contributed by atoms with Crippen LogP contribution in [0.5, 0.6) is 11.6 Å². The Hall–Kier alpha value is -3.52. The van der Waals surface area contributed by atoms with Crippen molar-refractivity contribution in [3.8, 4) is 11.6 Å². The van der Waals surface area contributed by atoms with Crippen LogP contribution in [0, 0.1) is 0 Å². The van der Waals surface area contributed by atoms with E-state index in [4.69, 9.17) is 19.2 Å². The van der Waals surface area contributed by atoms with Gasteiger partial charge in [0.05, 0.1) is 20.3 Å². The molecule has 2 aliphatic rings. The van der Waals surface area contributed by atoms with Crippen molar-refractivity contribution in [2.24, 2.45) is 0 Å². The van der Waals surface area contributed by atoms with Gasteiger partial charge in [0.25, 0.3) is 0 Å². The lowest BCUT2D eigenvalue weighted by Gasteiger charge is -2.31. The first-order valence-electron chi connectivity index (χ1n) is 12.3. The highest BCUT2D eigenvalue weighted by Crippen LogP contribution is 2.31. The predicted octanol–water partition coefficient (Wildman–Crippen LogP) is 4.59. The summed E-state index contributed by atoms with van der Waals surface area (Å²) in [6.45, 7) is 3.10. The van der Waals surface area contributed by atoms with Gasteiger partial charge >= 0.3 is 6.03 Å². The number of morpholine rings is 1. The fourth-order valence-corrected chi connectivity index (χ4v) is 4.71. The lowest BCUT2D eigenvalue weighted by Crippen LogP contribution is -2.41. The number of carbonyl (C=O) groups is 1. The Balaban J connectivity index is 1.18. The van der Waals surface area contributed by atoms with Crippen molar-refractivity contribution in [2.75, 3.05) is 43.6 Å². The number of ether oxygens (including phenoxy) is 3. The average Bonchev–Trinajstić information content (AvgIpc) is 2.90. The summed E-state index contributed by atoms with van der Waals surface area (Å²) in [4.78, 5) is 19.6. The number of hydrogen-bond acceptors (Lipinski definition) is 6. The number of nitrogens with zero attached hydrogens (tertiary/aromatic N) is 2. The van der Waals surface area contributed by atoms with Crippen molar-refractivity contribution in [1.82, 2.24) is 10.3 Å². The molecule has 0 atom stereocenters. The molecule has 2 amide bonds. The van der Waals surface area contributed by atoms with Gasteiger partial charge in [-0.3, -0.25) is 0 Å². The number of benzene rings is 2. The molecule has 35 heavy (non-hydrogen) atoms. The van der Waals surface area contributed by atoms with Crippen LogP contribution < -0.4 is 25.0 Å². The SMILES string of the molecule is COc1ccc(NC(=O)N[C@H]2CC[C@@H](Oc3nc(N4CCOCC4)cc4ccccc34)CC2)cc1. The molecular formula is C27H32N4O4. The lowest BCUT2D eigenvalue weighted by molar-refractivity contribution is 0.121. The first kappa shape index (κ1) is 23.2. The van der Waals surface area contributed by atoms with E-state index in [2.05, 4.69) is 33.7 Å². The third-order valence-corrected chi connectivity index (χ3v) is 6.66. The Morgan fingerprint density at radius 1 is 1.03 bits per heavy atom. The smallest absolute Gasteiger partial charge is 0.319 e. The fraction of sp³-hybridized carbons (Fsp3) is 0.407. The van der Waals surface area contributed by atoms with Gasteiger partial charge in [0.1, 0.15) is 17.7 Å². The van der Waals surface area contributed by atoms with Crippen LogP contribution in [-0.2, 0) is 4.74 Å². The van der Waals surface area contributed by atoms with Gasteiger partial charge in [-0.25, -0.2) is 4.79 Å². The van der Waals surface area contributed by atoms with E-state index in [-0.39, 0.29) is 18.2 Å².